The van der Waals surface area contributed by atoms with Gasteiger partial charge >= 0.3 is 6.18 Å². The van der Waals surface area contributed by atoms with Crippen molar-refractivity contribution in [3.05, 3.63) is 98.5 Å². The fourth-order valence-corrected chi connectivity index (χ4v) is 11.6. The number of carbonyl (C=O) groups is 3. The number of aromatic nitrogens is 1. The molecule has 5 unspecified atom stereocenters. The summed E-state index contributed by atoms with van der Waals surface area (Å²) in [4.78, 5) is 50.4. The molecule has 68 heavy (non-hydrogen) atoms. The molecule has 0 radical (unpaired) electrons. The van der Waals surface area contributed by atoms with Gasteiger partial charge in [0.1, 0.15) is 40.2 Å². The van der Waals surface area contributed by atoms with E-state index in [0.717, 1.165) is 51.0 Å². The van der Waals surface area contributed by atoms with Crippen LogP contribution in [0.2, 0.25) is 0 Å². The fraction of sp³-hybridized carbons (Fsp3) is 0.529. The van der Waals surface area contributed by atoms with Crippen LogP contribution < -0.4 is 20.1 Å². The number of likely N-dealkylation sites (tertiary alicyclic amines) is 1. The Morgan fingerprint density at radius 3 is 2.37 bits per heavy atom. The number of sulfonamides is 1. The highest BCUT2D eigenvalue weighted by atomic mass is 32.2. The lowest BCUT2D eigenvalue weighted by Gasteiger charge is -2.36. The number of alkyl halides is 3. The van der Waals surface area contributed by atoms with E-state index in [9.17, 15) is 31.2 Å². The van der Waals surface area contributed by atoms with Crippen molar-refractivity contribution in [2.45, 2.75) is 148 Å². The first-order chi connectivity index (χ1) is 31.8. The van der Waals surface area contributed by atoms with Crippen LogP contribution in [0.3, 0.4) is 0 Å². The number of hydrogen-bond acceptors (Lipinski definition) is 10. The SMILES string of the molecule is C=CC1CC1(NC(=O)C1CC(OC2=CC(c3nc(C(C)C)cs3)=C(C)CCc3c2ccc(OC)c3C)CN1C(=O)C(Nc1ccc(CC)c(C(F)(F)F)c1)C(C)(C)C)C(=O)NS(=O)(=O)C1(C)CC1. The summed E-state index contributed by atoms with van der Waals surface area (Å²) < 4.78 is 83.3. The minimum atomic E-state index is -4.64. The average Bonchev–Trinajstić information content (AvgIpc) is 4.06. The third-order valence-corrected chi connectivity index (χ3v) is 17.2. The second-order valence-corrected chi connectivity index (χ2v) is 23.4. The standard InChI is InChI=1S/C51H64F3N5O7S2/c1-12-31-15-16-33(22-38(31)51(52,53)54)55-43(48(7,8)9)46(61)59-26-34(23-40(59)44(60)57-50(25-32(50)13-2)47(62)58-68(63,64)49(10)20-21-49)66-42-24-37(45-56-39(27-67-45)28(3)4)29(5)14-17-35-30(6)41(65-11)19-18-36(35)42/h13,15-16,18-19,22,24,27-28,32,34,40,43,55H,2,12,14,17,20-21,23,25-26H2,1,3-11H3,(H,57,60)(H,58,62). The van der Waals surface area contributed by atoms with Crippen molar-refractivity contribution >= 4 is 56.1 Å². The summed E-state index contributed by atoms with van der Waals surface area (Å²) >= 11 is 1.54. The molecule has 12 nitrogen and oxygen atoms in total. The first-order valence-corrected chi connectivity index (χ1v) is 25.6. The van der Waals surface area contributed by atoms with Gasteiger partial charge in [-0.3, -0.25) is 19.1 Å². The first kappa shape index (κ1) is 50.7. The van der Waals surface area contributed by atoms with E-state index in [0.29, 0.717) is 30.8 Å². The van der Waals surface area contributed by atoms with E-state index in [4.69, 9.17) is 14.5 Å². The third-order valence-electron chi connectivity index (χ3n) is 14.1. The van der Waals surface area contributed by atoms with Gasteiger partial charge in [-0.1, -0.05) is 59.3 Å². The van der Waals surface area contributed by atoms with E-state index in [-0.39, 0.29) is 43.0 Å². The largest absolute Gasteiger partial charge is 0.496 e. The number of anilines is 1. The number of allylic oxidation sites excluding steroid dienone is 3. The fourth-order valence-electron chi connectivity index (χ4n) is 9.20. The summed E-state index contributed by atoms with van der Waals surface area (Å²) in [6.45, 7) is 20.5. The molecule has 4 aliphatic rings. The topological polar surface area (TPSA) is 156 Å². The summed E-state index contributed by atoms with van der Waals surface area (Å²) in [7, 11) is -2.46. The molecule has 3 N–H and O–H groups in total. The molecule has 3 amide bonds. The van der Waals surface area contributed by atoms with E-state index in [1.54, 1.807) is 53.1 Å². The predicted molar refractivity (Wildman–Crippen MR) is 259 cm³/mol. The van der Waals surface area contributed by atoms with Gasteiger partial charge < -0.3 is 25.0 Å². The Morgan fingerprint density at radius 1 is 1.09 bits per heavy atom. The molecule has 3 fully saturated rings. The van der Waals surface area contributed by atoms with Gasteiger partial charge in [-0.05, 0) is 118 Å². The molecule has 0 bridgehead atoms. The number of methoxy groups -OCH3 is 1. The summed E-state index contributed by atoms with van der Waals surface area (Å²) in [6.07, 6.45) is 0.361. The summed E-state index contributed by atoms with van der Waals surface area (Å²) in [5, 5.41) is 8.82. The van der Waals surface area contributed by atoms with Crippen molar-refractivity contribution in [2.24, 2.45) is 11.3 Å². The van der Waals surface area contributed by atoms with Crippen LogP contribution in [-0.4, -0.2) is 78.2 Å². The number of benzene rings is 2. The average molecular weight is 980 g/mol. The van der Waals surface area contributed by atoms with Gasteiger partial charge in [0.2, 0.25) is 21.8 Å². The van der Waals surface area contributed by atoms with E-state index >= 15 is 4.79 Å². The van der Waals surface area contributed by atoms with Gasteiger partial charge in [0, 0.05) is 34.5 Å². The van der Waals surface area contributed by atoms with Crippen molar-refractivity contribution in [2.75, 3.05) is 19.0 Å². The number of carbonyl (C=O) groups excluding carboxylic acids is 3. The number of hydrogen-bond donors (Lipinski definition) is 3. The Kier molecular flexibility index (Phi) is 13.9. The summed E-state index contributed by atoms with van der Waals surface area (Å²) in [6, 6.07) is 5.31. The number of halogens is 3. The number of aryl methyl sites for hydroxylation is 1. The Hall–Kier alpha value is -5.16. The van der Waals surface area contributed by atoms with Crippen LogP contribution in [0.25, 0.3) is 11.3 Å². The number of fused-ring (bicyclic) bond motifs is 1. The lowest BCUT2D eigenvalue weighted by atomic mass is 9.85. The molecule has 2 saturated carbocycles. The van der Waals surface area contributed by atoms with Crippen molar-refractivity contribution in [3.63, 3.8) is 0 Å². The van der Waals surface area contributed by atoms with E-state index in [1.807, 2.05) is 30.5 Å². The molecule has 1 aliphatic heterocycles. The van der Waals surface area contributed by atoms with Crippen LogP contribution in [0.1, 0.15) is 132 Å². The maximum absolute atomic E-state index is 15.2. The monoisotopic (exact) mass is 979 g/mol. The molecule has 3 aliphatic carbocycles. The summed E-state index contributed by atoms with van der Waals surface area (Å²) in [5.41, 5.74) is 2.49. The molecule has 2 heterocycles. The van der Waals surface area contributed by atoms with Crippen LogP contribution in [0, 0.1) is 18.3 Å². The van der Waals surface area contributed by atoms with Gasteiger partial charge in [0.25, 0.3) is 5.91 Å². The van der Waals surface area contributed by atoms with Crippen LogP contribution in [-0.2, 0) is 48.2 Å². The van der Waals surface area contributed by atoms with Gasteiger partial charge in [-0.2, -0.15) is 13.2 Å². The maximum Gasteiger partial charge on any atom is 0.416 e. The Labute approximate surface area is 402 Å². The van der Waals surface area contributed by atoms with E-state index < -0.39 is 79.3 Å². The molecule has 1 aromatic heterocycles. The minimum Gasteiger partial charge on any atom is -0.496 e. The molecule has 2 aromatic carbocycles. The smallest absolute Gasteiger partial charge is 0.416 e. The zero-order valence-electron chi connectivity index (χ0n) is 40.6. The highest BCUT2D eigenvalue weighted by molar-refractivity contribution is 7.91. The van der Waals surface area contributed by atoms with Crippen molar-refractivity contribution < 1.29 is 45.4 Å². The molecule has 7 rings (SSSR count). The number of thiazole rings is 1. The maximum atomic E-state index is 15.2. The molecule has 368 valence electrons. The van der Waals surface area contributed by atoms with E-state index in [2.05, 4.69) is 42.7 Å². The minimum absolute atomic E-state index is 0.0424. The number of nitrogens with zero attached hydrogens (tertiary/aromatic N) is 2. The molecular weight excluding hydrogens is 916 g/mol. The highest BCUT2D eigenvalue weighted by Gasteiger charge is 2.63. The molecule has 5 atom stereocenters. The van der Waals surface area contributed by atoms with E-state index in [1.165, 1.54) is 23.1 Å². The predicted octanol–water partition coefficient (Wildman–Crippen LogP) is 9.50. The Bertz CT molecular complexity index is 2680. The molecule has 1 saturated heterocycles. The second-order valence-electron chi connectivity index (χ2n) is 20.4. The number of rotatable bonds is 15. The molecule has 0 spiro atoms. The van der Waals surface area contributed by atoms with Gasteiger partial charge in [-0.15, -0.1) is 17.9 Å². The number of ether oxygens (including phenoxy) is 2. The van der Waals surface area contributed by atoms with Crippen LogP contribution in [0.5, 0.6) is 5.75 Å². The molecule has 3 aromatic rings. The summed E-state index contributed by atoms with van der Waals surface area (Å²) in [5.74, 6) is -1.38. The van der Waals surface area contributed by atoms with Gasteiger partial charge in [0.15, 0.2) is 0 Å². The van der Waals surface area contributed by atoms with Crippen molar-refractivity contribution in [1.29, 1.82) is 0 Å². The van der Waals surface area contributed by atoms with Crippen LogP contribution in [0.4, 0.5) is 18.9 Å². The van der Waals surface area contributed by atoms with Crippen LogP contribution >= 0.6 is 11.3 Å². The quantitative estimate of drug-likeness (QED) is 0.126. The normalized spacial score (nSPS) is 22.9. The highest BCUT2D eigenvalue weighted by Crippen LogP contribution is 2.48. The number of amides is 3. The molecular formula is C51H64F3N5O7S2. The Balaban J connectivity index is 1.29. The van der Waals surface area contributed by atoms with Crippen molar-refractivity contribution in [1.82, 2.24) is 19.9 Å². The Morgan fingerprint density at radius 2 is 1.79 bits per heavy atom. The number of nitrogens with one attached hydrogen (secondary N) is 3. The molecule has 17 heteroatoms. The first-order valence-electron chi connectivity index (χ1n) is 23.3. The zero-order chi connectivity index (χ0) is 49.9. The van der Waals surface area contributed by atoms with Gasteiger partial charge in [-0.25, -0.2) is 13.4 Å². The lowest BCUT2D eigenvalue weighted by Crippen LogP contribution is -2.59. The zero-order valence-corrected chi connectivity index (χ0v) is 42.2. The third kappa shape index (κ3) is 9.97. The van der Waals surface area contributed by atoms with Gasteiger partial charge in [0.05, 0.1) is 29.7 Å². The lowest BCUT2D eigenvalue weighted by molar-refractivity contribution is -0.141. The second kappa shape index (κ2) is 18.6. The van der Waals surface area contributed by atoms with Crippen molar-refractivity contribution in [3.8, 4) is 5.75 Å². The van der Waals surface area contributed by atoms with Crippen LogP contribution in [0.15, 0.2) is 60.0 Å².